The Kier molecular flexibility index (Phi) is 7.72. The van der Waals surface area contributed by atoms with E-state index in [-0.39, 0.29) is 12.5 Å². The number of ether oxygens (including phenoxy) is 2. The number of hydrazone groups is 1. The second-order valence-corrected chi connectivity index (χ2v) is 6.70. The molecule has 1 aromatic carbocycles. The summed E-state index contributed by atoms with van der Waals surface area (Å²) in [4.78, 5) is 13.9. The minimum absolute atomic E-state index is 0.153. The van der Waals surface area contributed by atoms with E-state index in [1.807, 2.05) is 17.0 Å². The first kappa shape index (κ1) is 18.9. The van der Waals surface area contributed by atoms with E-state index < -0.39 is 0 Å². The van der Waals surface area contributed by atoms with E-state index in [4.69, 9.17) is 15.9 Å². The Morgan fingerprint density at radius 1 is 1.42 bits per heavy atom. The van der Waals surface area contributed by atoms with Gasteiger partial charge >= 0.3 is 0 Å². The van der Waals surface area contributed by atoms with Gasteiger partial charge in [-0.05, 0) is 49.6 Å². The third-order valence-electron chi connectivity index (χ3n) is 3.19. The fourth-order valence-corrected chi connectivity index (χ4v) is 3.53. The van der Waals surface area contributed by atoms with E-state index in [0.717, 1.165) is 27.6 Å². The van der Waals surface area contributed by atoms with Crippen molar-refractivity contribution in [2.24, 2.45) is 5.10 Å². The number of amides is 1. The Morgan fingerprint density at radius 2 is 2.08 bits per heavy atom. The van der Waals surface area contributed by atoms with Gasteiger partial charge in [0, 0.05) is 13.1 Å². The summed E-state index contributed by atoms with van der Waals surface area (Å²) in [6.07, 6.45) is 6.76. The number of carbonyl (C=O) groups excluding carboxylic acids is 1. The Balaban J connectivity index is 1.89. The lowest BCUT2D eigenvalue weighted by molar-refractivity contribution is -0.123. The van der Waals surface area contributed by atoms with Gasteiger partial charge in [0.05, 0.1) is 34.9 Å². The molecule has 0 spiro atoms. The molecule has 0 aromatic heterocycles. The molecular formula is C16H17Br2N3O3. The highest BCUT2D eigenvalue weighted by Crippen LogP contribution is 2.34. The zero-order valence-corrected chi connectivity index (χ0v) is 16.1. The molecule has 1 heterocycles. The molecule has 0 unspecified atom stereocenters. The number of terminal acetylenes is 1. The first-order valence-electron chi connectivity index (χ1n) is 7.27. The number of morpholine rings is 1. The second-order valence-electron chi connectivity index (χ2n) is 4.99. The Hall–Kier alpha value is -1.40. The number of hydrogen-bond acceptors (Lipinski definition) is 5. The average Bonchev–Trinajstić information content (AvgIpc) is 2.55. The first-order chi connectivity index (χ1) is 11.6. The SMILES string of the molecule is C#CCOc1c(Br)cc(/C=N/NC(=O)CN2CCOCC2)cc1Br. The fourth-order valence-electron chi connectivity index (χ4n) is 2.08. The van der Waals surface area contributed by atoms with E-state index in [2.05, 4.69) is 48.3 Å². The fraction of sp³-hybridized carbons (Fsp3) is 0.375. The lowest BCUT2D eigenvalue weighted by Crippen LogP contribution is -2.42. The van der Waals surface area contributed by atoms with Crippen molar-refractivity contribution in [2.45, 2.75) is 0 Å². The van der Waals surface area contributed by atoms with Crippen LogP contribution in [0.25, 0.3) is 0 Å². The molecule has 8 heteroatoms. The van der Waals surface area contributed by atoms with E-state index in [9.17, 15) is 4.79 Å². The first-order valence-corrected chi connectivity index (χ1v) is 8.86. The summed E-state index contributed by atoms with van der Waals surface area (Å²) in [5, 5.41) is 3.98. The average molecular weight is 459 g/mol. The van der Waals surface area contributed by atoms with Crippen LogP contribution >= 0.6 is 31.9 Å². The molecule has 1 saturated heterocycles. The molecule has 1 N–H and O–H groups in total. The zero-order valence-electron chi connectivity index (χ0n) is 12.9. The van der Waals surface area contributed by atoms with Gasteiger partial charge < -0.3 is 9.47 Å². The molecule has 0 saturated carbocycles. The van der Waals surface area contributed by atoms with Gasteiger partial charge in [0.15, 0.2) is 0 Å². The van der Waals surface area contributed by atoms with Crippen molar-refractivity contribution in [2.75, 3.05) is 39.5 Å². The maximum Gasteiger partial charge on any atom is 0.254 e. The van der Waals surface area contributed by atoms with Crippen LogP contribution in [0.3, 0.4) is 0 Å². The van der Waals surface area contributed by atoms with Gasteiger partial charge in [-0.3, -0.25) is 9.69 Å². The lowest BCUT2D eigenvalue weighted by Gasteiger charge is -2.25. The quantitative estimate of drug-likeness (QED) is 0.402. The normalized spacial score (nSPS) is 15.2. The molecular weight excluding hydrogens is 442 g/mol. The Bertz CT molecular complexity index is 629. The molecule has 1 aliphatic heterocycles. The van der Waals surface area contributed by atoms with Gasteiger partial charge in [0.1, 0.15) is 12.4 Å². The van der Waals surface area contributed by atoms with Crippen LogP contribution in [-0.2, 0) is 9.53 Å². The van der Waals surface area contributed by atoms with E-state index in [1.54, 1.807) is 6.21 Å². The van der Waals surface area contributed by atoms with Crippen molar-refractivity contribution in [1.82, 2.24) is 10.3 Å². The highest BCUT2D eigenvalue weighted by atomic mass is 79.9. The van der Waals surface area contributed by atoms with Crippen molar-refractivity contribution in [3.05, 3.63) is 26.6 Å². The van der Waals surface area contributed by atoms with Gasteiger partial charge in [-0.1, -0.05) is 5.92 Å². The molecule has 0 radical (unpaired) electrons. The van der Waals surface area contributed by atoms with Crippen LogP contribution in [0, 0.1) is 12.3 Å². The minimum Gasteiger partial charge on any atom is -0.479 e. The highest BCUT2D eigenvalue weighted by molar-refractivity contribution is 9.11. The minimum atomic E-state index is -0.153. The molecule has 0 atom stereocenters. The number of benzene rings is 1. The zero-order chi connectivity index (χ0) is 17.4. The van der Waals surface area contributed by atoms with Gasteiger partial charge in [0.25, 0.3) is 5.91 Å². The summed E-state index contributed by atoms with van der Waals surface area (Å²) in [6, 6.07) is 3.66. The number of carbonyl (C=O) groups is 1. The van der Waals surface area contributed by atoms with Crippen molar-refractivity contribution in [3.63, 3.8) is 0 Å². The van der Waals surface area contributed by atoms with E-state index >= 15 is 0 Å². The number of nitrogens with zero attached hydrogens (tertiary/aromatic N) is 2. The molecule has 0 bridgehead atoms. The summed E-state index contributed by atoms with van der Waals surface area (Å²) in [6.45, 7) is 3.33. The Labute approximate surface area is 157 Å². The number of rotatable bonds is 6. The molecule has 24 heavy (non-hydrogen) atoms. The van der Waals surface area contributed by atoms with Crippen LogP contribution in [0.2, 0.25) is 0 Å². The summed E-state index contributed by atoms with van der Waals surface area (Å²) >= 11 is 6.85. The summed E-state index contributed by atoms with van der Waals surface area (Å²) in [7, 11) is 0. The summed E-state index contributed by atoms with van der Waals surface area (Å²) in [5.74, 6) is 2.89. The lowest BCUT2D eigenvalue weighted by atomic mass is 10.2. The predicted octanol–water partition coefficient (Wildman–Crippen LogP) is 2.01. The standard InChI is InChI=1S/C16H17Br2N3O3/c1-2-5-24-16-13(17)8-12(9-14(16)18)10-19-20-15(22)11-21-3-6-23-7-4-21/h1,8-10H,3-7,11H2,(H,20,22)/b19-10+. The number of hydrogen-bond donors (Lipinski definition) is 1. The molecule has 1 fully saturated rings. The third kappa shape index (κ3) is 5.91. The van der Waals surface area contributed by atoms with Crippen LogP contribution in [0.15, 0.2) is 26.2 Å². The Morgan fingerprint density at radius 3 is 2.71 bits per heavy atom. The van der Waals surface area contributed by atoms with Gasteiger partial charge in [-0.15, -0.1) is 6.42 Å². The molecule has 2 rings (SSSR count). The van der Waals surface area contributed by atoms with Crippen LogP contribution < -0.4 is 10.2 Å². The second kappa shape index (κ2) is 9.79. The van der Waals surface area contributed by atoms with E-state index in [1.165, 1.54) is 0 Å². The molecule has 128 valence electrons. The van der Waals surface area contributed by atoms with Crippen molar-refractivity contribution in [1.29, 1.82) is 0 Å². The largest absolute Gasteiger partial charge is 0.479 e. The monoisotopic (exact) mass is 457 g/mol. The van der Waals surface area contributed by atoms with Gasteiger partial charge in [-0.25, -0.2) is 5.43 Å². The molecule has 1 amide bonds. The predicted molar refractivity (Wildman–Crippen MR) is 99.2 cm³/mol. The molecule has 1 aliphatic rings. The van der Waals surface area contributed by atoms with Gasteiger partial charge in [-0.2, -0.15) is 5.10 Å². The topological polar surface area (TPSA) is 63.2 Å². The summed E-state index contributed by atoms with van der Waals surface area (Å²) in [5.41, 5.74) is 3.33. The molecule has 1 aromatic rings. The van der Waals surface area contributed by atoms with Crippen LogP contribution in [0.4, 0.5) is 0 Å². The van der Waals surface area contributed by atoms with Crippen LogP contribution in [0.5, 0.6) is 5.75 Å². The van der Waals surface area contributed by atoms with Crippen molar-refractivity contribution >= 4 is 44.0 Å². The van der Waals surface area contributed by atoms with Crippen molar-refractivity contribution in [3.8, 4) is 18.1 Å². The number of nitrogens with one attached hydrogen (secondary N) is 1. The number of halogens is 2. The maximum absolute atomic E-state index is 11.8. The van der Waals surface area contributed by atoms with Crippen molar-refractivity contribution < 1.29 is 14.3 Å². The maximum atomic E-state index is 11.8. The van der Waals surface area contributed by atoms with Crippen LogP contribution in [-0.4, -0.2) is 56.5 Å². The summed E-state index contributed by atoms with van der Waals surface area (Å²) < 4.78 is 12.2. The van der Waals surface area contributed by atoms with E-state index in [0.29, 0.717) is 25.5 Å². The van der Waals surface area contributed by atoms with Crippen LogP contribution in [0.1, 0.15) is 5.56 Å². The molecule has 6 nitrogen and oxygen atoms in total. The van der Waals surface area contributed by atoms with Gasteiger partial charge in [0.2, 0.25) is 0 Å². The highest BCUT2D eigenvalue weighted by Gasteiger charge is 2.13. The molecule has 0 aliphatic carbocycles. The third-order valence-corrected chi connectivity index (χ3v) is 4.37. The smallest absolute Gasteiger partial charge is 0.254 e.